The molecule has 2 heterocycles. The average molecular weight is 268 g/mol. The van der Waals surface area contributed by atoms with Crippen molar-refractivity contribution >= 4 is 11.3 Å². The standard InChI is InChI=1S/C14H24N2OS/c1-2-16-10-12(9-14-4-3-7-18-14)8-13(11-16)15-5-6-17/h3-4,7,12-13,15,17H,2,5-6,8-11H2,1H3. The topological polar surface area (TPSA) is 35.5 Å². The molecule has 2 N–H and O–H groups in total. The van der Waals surface area contributed by atoms with Crippen molar-refractivity contribution in [3.05, 3.63) is 22.4 Å². The zero-order valence-electron chi connectivity index (χ0n) is 11.1. The van der Waals surface area contributed by atoms with Crippen LogP contribution in [0, 0.1) is 5.92 Å². The van der Waals surface area contributed by atoms with Crippen molar-refractivity contribution in [3.63, 3.8) is 0 Å². The molecule has 1 aliphatic rings. The molecular formula is C14H24N2OS. The third-order valence-electron chi connectivity index (χ3n) is 3.67. The van der Waals surface area contributed by atoms with E-state index in [1.807, 2.05) is 11.3 Å². The normalized spacial score (nSPS) is 25.4. The Morgan fingerprint density at radius 1 is 1.50 bits per heavy atom. The summed E-state index contributed by atoms with van der Waals surface area (Å²) in [7, 11) is 0. The third kappa shape index (κ3) is 4.05. The molecule has 1 fully saturated rings. The quantitative estimate of drug-likeness (QED) is 0.822. The van der Waals surface area contributed by atoms with E-state index in [2.05, 4.69) is 34.7 Å². The Balaban J connectivity index is 1.88. The molecule has 0 aliphatic carbocycles. The van der Waals surface area contributed by atoms with Crippen LogP contribution in [0.15, 0.2) is 17.5 Å². The van der Waals surface area contributed by atoms with Crippen LogP contribution in [-0.2, 0) is 6.42 Å². The van der Waals surface area contributed by atoms with Crippen LogP contribution in [0.4, 0.5) is 0 Å². The van der Waals surface area contributed by atoms with Gasteiger partial charge in [0.15, 0.2) is 0 Å². The summed E-state index contributed by atoms with van der Waals surface area (Å²) in [5.74, 6) is 0.744. The van der Waals surface area contributed by atoms with E-state index < -0.39 is 0 Å². The van der Waals surface area contributed by atoms with Crippen LogP contribution in [-0.4, -0.2) is 48.8 Å². The number of likely N-dealkylation sites (N-methyl/N-ethyl adjacent to an activating group) is 1. The maximum Gasteiger partial charge on any atom is 0.0556 e. The van der Waals surface area contributed by atoms with Crippen LogP contribution in [0.1, 0.15) is 18.2 Å². The Bertz CT molecular complexity index is 329. The molecule has 18 heavy (non-hydrogen) atoms. The molecule has 2 unspecified atom stereocenters. The van der Waals surface area contributed by atoms with Crippen LogP contribution in [0.2, 0.25) is 0 Å². The van der Waals surface area contributed by atoms with Crippen LogP contribution in [0.25, 0.3) is 0 Å². The van der Waals surface area contributed by atoms with Crippen LogP contribution in [0.5, 0.6) is 0 Å². The van der Waals surface area contributed by atoms with E-state index in [1.54, 1.807) is 0 Å². The van der Waals surface area contributed by atoms with Gasteiger partial charge in [-0.3, -0.25) is 0 Å². The second kappa shape index (κ2) is 7.24. The summed E-state index contributed by atoms with van der Waals surface area (Å²) in [6, 6.07) is 4.92. The fourth-order valence-corrected chi connectivity index (χ4v) is 3.66. The first-order valence-electron chi connectivity index (χ1n) is 6.90. The van der Waals surface area contributed by atoms with Gasteiger partial charge in [0, 0.05) is 30.6 Å². The molecule has 0 aromatic carbocycles. The van der Waals surface area contributed by atoms with Crippen molar-refractivity contribution in [1.29, 1.82) is 0 Å². The van der Waals surface area contributed by atoms with E-state index in [1.165, 1.54) is 24.3 Å². The fraction of sp³-hybridized carbons (Fsp3) is 0.714. The molecule has 102 valence electrons. The fourth-order valence-electron chi connectivity index (χ4n) is 2.84. The highest BCUT2D eigenvalue weighted by Crippen LogP contribution is 2.23. The summed E-state index contributed by atoms with van der Waals surface area (Å²) in [5, 5.41) is 14.5. The smallest absolute Gasteiger partial charge is 0.0556 e. The highest BCUT2D eigenvalue weighted by molar-refractivity contribution is 7.09. The average Bonchev–Trinajstić information content (AvgIpc) is 2.89. The molecule has 0 spiro atoms. The maximum atomic E-state index is 8.92. The molecule has 1 aromatic rings. The Hall–Kier alpha value is -0.420. The summed E-state index contributed by atoms with van der Waals surface area (Å²) in [5.41, 5.74) is 0. The number of likely N-dealkylation sites (tertiary alicyclic amines) is 1. The Kier molecular flexibility index (Phi) is 5.63. The summed E-state index contributed by atoms with van der Waals surface area (Å²) in [6.45, 7) is 6.64. The van der Waals surface area contributed by atoms with Crippen molar-refractivity contribution < 1.29 is 5.11 Å². The van der Waals surface area contributed by atoms with Gasteiger partial charge in [0.25, 0.3) is 0 Å². The van der Waals surface area contributed by atoms with E-state index in [-0.39, 0.29) is 6.61 Å². The zero-order valence-corrected chi connectivity index (χ0v) is 12.0. The summed E-state index contributed by atoms with van der Waals surface area (Å²) in [4.78, 5) is 4.02. The molecule has 2 atom stereocenters. The lowest BCUT2D eigenvalue weighted by Gasteiger charge is -2.37. The first-order valence-corrected chi connectivity index (χ1v) is 7.78. The molecule has 1 saturated heterocycles. The predicted molar refractivity (Wildman–Crippen MR) is 77.1 cm³/mol. The van der Waals surface area contributed by atoms with Crippen molar-refractivity contribution in [1.82, 2.24) is 10.2 Å². The third-order valence-corrected chi connectivity index (χ3v) is 4.57. The lowest BCUT2D eigenvalue weighted by atomic mass is 9.91. The monoisotopic (exact) mass is 268 g/mol. The van der Waals surface area contributed by atoms with E-state index in [0.29, 0.717) is 12.6 Å². The number of nitrogens with one attached hydrogen (secondary N) is 1. The second-order valence-electron chi connectivity index (χ2n) is 5.11. The van der Waals surface area contributed by atoms with Crippen molar-refractivity contribution in [2.45, 2.75) is 25.8 Å². The highest BCUT2D eigenvalue weighted by atomic mass is 32.1. The van der Waals surface area contributed by atoms with Gasteiger partial charge in [-0.2, -0.15) is 0 Å². The Labute approximate surface area is 114 Å². The number of hydrogen-bond acceptors (Lipinski definition) is 4. The van der Waals surface area contributed by atoms with Gasteiger partial charge in [0.05, 0.1) is 6.61 Å². The molecule has 4 heteroatoms. The van der Waals surface area contributed by atoms with E-state index in [4.69, 9.17) is 5.11 Å². The molecule has 0 bridgehead atoms. The number of aliphatic hydroxyl groups is 1. The Morgan fingerprint density at radius 2 is 2.39 bits per heavy atom. The van der Waals surface area contributed by atoms with Crippen LogP contribution < -0.4 is 5.32 Å². The molecule has 0 radical (unpaired) electrons. The molecule has 1 aliphatic heterocycles. The van der Waals surface area contributed by atoms with Crippen molar-refractivity contribution in [2.75, 3.05) is 32.8 Å². The molecular weight excluding hydrogens is 244 g/mol. The highest BCUT2D eigenvalue weighted by Gasteiger charge is 2.26. The van der Waals surface area contributed by atoms with Gasteiger partial charge in [0.1, 0.15) is 0 Å². The SMILES string of the molecule is CCN1CC(Cc2cccs2)CC(NCCO)C1. The lowest BCUT2D eigenvalue weighted by molar-refractivity contribution is 0.143. The maximum absolute atomic E-state index is 8.92. The molecule has 3 nitrogen and oxygen atoms in total. The minimum Gasteiger partial charge on any atom is -0.395 e. The largest absolute Gasteiger partial charge is 0.395 e. The van der Waals surface area contributed by atoms with E-state index in [0.717, 1.165) is 19.0 Å². The van der Waals surface area contributed by atoms with Gasteiger partial charge in [-0.05, 0) is 36.8 Å². The lowest BCUT2D eigenvalue weighted by Crippen LogP contribution is -2.50. The minimum absolute atomic E-state index is 0.234. The van der Waals surface area contributed by atoms with Gasteiger partial charge in [-0.25, -0.2) is 0 Å². The first-order chi connectivity index (χ1) is 8.81. The predicted octanol–water partition coefficient (Wildman–Crippen LogP) is 1.58. The molecule has 0 saturated carbocycles. The van der Waals surface area contributed by atoms with Gasteiger partial charge in [-0.15, -0.1) is 11.3 Å². The van der Waals surface area contributed by atoms with Gasteiger partial charge >= 0.3 is 0 Å². The summed E-state index contributed by atoms with van der Waals surface area (Å²) >= 11 is 1.87. The van der Waals surface area contributed by atoms with Gasteiger partial charge in [0.2, 0.25) is 0 Å². The van der Waals surface area contributed by atoms with Gasteiger partial charge in [-0.1, -0.05) is 13.0 Å². The second-order valence-corrected chi connectivity index (χ2v) is 6.14. The van der Waals surface area contributed by atoms with E-state index >= 15 is 0 Å². The summed E-state index contributed by atoms with van der Waals surface area (Å²) < 4.78 is 0. The number of nitrogens with zero attached hydrogens (tertiary/aromatic N) is 1. The number of piperidine rings is 1. The minimum atomic E-state index is 0.234. The number of aliphatic hydroxyl groups excluding tert-OH is 1. The van der Waals surface area contributed by atoms with Crippen molar-refractivity contribution in [2.24, 2.45) is 5.92 Å². The summed E-state index contributed by atoms with van der Waals surface area (Å²) in [6.07, 6.45) is 2.43. The molecule has 0 amide bonds. The van der Waals surface area contributed by atoms with E-state index in [9.17, 15) is 0 Å². The van der Waals surface area contributed by atoms with Crippen LogP contribution >= 0.6 is 11.3 Å². The number of hydrogen-bond donors (Lipinski definition) is 2. The Morgan fingerprint density at radius 3 is 3.06 bits per heavy atom. The molecule has 1 aromatic heterocycles. The van der Waals surface area contributed by atoms with Crippen LogP contribution in [0.3, 0.4) is 0 Å². The molecule has 2 rings (SSSR count). The van der Waals surface area contributed by atoms with Gasteiger partial charge < -0.3 is 15.3 Å². The first kappa shape index (κ1) is 14.0. The van der Waals surface area contributed by atoms with Crippen molar-refractivity contribution in [3.8, 4) is 0 Å². The zero-order chi connectivity index (χ0) is 12.8. The number of thiophene rings is 1. The number of rotatable bonds is 6.